The molecule has 1 aromatic heterocycles. The van der Waals surface area contributed by atoms with Crippen molar-refractivity contribution in [1.29, 1.82) is 0 Å². The van der Waals surface area contributed by atoms with Gasteiger partial charge in [0.25, 0.3) is 0 Å². The summed E-state index contributed by atoms with van der Waals surface area (Å²) in [6, 6.07) is 11.9. The molecular weight excluding hydrogens is 182 g/mol. The minimum Gasteiger partial charge on any atom is -0.248 e. The minimum atomic E-state index is 0.688. The van der Waals surface area contributed by atoms with Crippen LogP contribution in [0.4, 0.5) is 0 Å². The molecule has 1 heteroatoms. The Kier molecular flexibility index (Phi) is 2.51. The summed E-state index contributed by atoms with van der Waals surface area (Å²) in [6.07, 6.45) is 6.71. The van der Waals surface area contributed by atoms with Crippen molar-refractivity contribution in [2.24, 2.45) is 0 Å². The van der Waals surface area contributed by atoms with E-state index in [4.69, 9.17) is 6.42 Å². The van der Waals surface area contributed by atoms with Crippen LogP contribution in [0.25, 0.3) is 11.1 Å². The molecule has 0 spiro atoms. The molecule has 0 aromatic carbocycles. The molecular formula is C14H11N. The van der Waals surface area contributed by atoms with Crippen LogP contribution in [0.2, 0.25) is 0 Å². The molecule has 1 heterocycles. The summed E-state index contributed by atoms with van der Waals surface area (Å²) in [7, 11) is 0. The molecule has 0 N–H and O–H groups in total. The van der Waals surface area contributed by atoms with Crippen molar-refractivity contribution in [1.82, 2.24) is 4.98 Å². The Hall–Kier alpha value is -2.07. The number of rotatable bonds is 0. The first kappa shape index (κ1) is 9.48. The second-order valence-corrected chi connectivity index (χ2v) is 3.34. The number of aryl methyl sites for hydroxylation is 1. The second kappa shape index (κ2) is 3.98. The molecule has 0 saturated heterocycles. The summed E-state index contributed by atoms with van der Waals surface area (Å²) >= 11 is 0. The lowest BCUT2D eigenvalue weighted by molar-refractivity contribution is 1.29. The van der Waals surface area contributed by atoms with Gasteiger partial charge < -0.3 is 0 Å². The van der Waals surface area contributed by atoms with Crippen molar-refractivity contribution in [2.75, 3.05) is 0 Å². The monoisotopic (exact) mass is 193 g/mol. The number of benzene rings is 1. The number of fused-ring (bicyclic) bond motifs is 1. The smallest absolute Gasteiger partial charge is 0.112 e. The van der Waals surface area contributed by atoms with Crippen LogP contribution in [-0.2, 0) is 0 Å². The lowest BCUT2D eigenvalue weighted by Crippen LogP contribution is -1.75. The first-order valence-corrected chi connectivity index (χ1v) is 4.80. The van der Waals surface area contributed by atoms with Crippen LogP contribution in [0.5, 0.6) is 0 Å². The lowest BCUT2D eigenvalue weighted by Gasteiger charge is -1.81. The normalized spacial score (nSPS) is 9.60. The second-order valence-electron chi connectivity index (χ2n) is 3.34. The van der Waals surface area contributed by atoms with Crippen LogP contribution in [0.3, 0.4) is 0 Å². The Morgan fingerprint density at radius 3 is 2.13 bits per heavy atom. The quantitative estimate of drug-likeness (QED) is 0.500. The van der Waals surface area contributed by atoms with Gasteiger partial charge in [0.15, 0.2) is 0 Å². The topological polar surface area (TPSA) is 12.9 Å². The van der Waals surface area contributed by atoms with Gasteiger partial charge in [-0.3, -0.25) is 0 Å². The third-order valence-electron chi connectivity index (χ3n) is 2.37. The fourth-order valence-electron chi connectivity index (χ4n) is 1.44. The van der Waals surface area contributed by atoms with Crippen molar-refractivity contribution in [2.45, 2.75) is 6.92 Å². The van der Waals surface area contributed by atoms with Crippen LogP contribution in [0.1, 0.15) is 11.3 Å². The van der Waals surface area contributed by atoms with E-state index < -0.39 is 0 Å². The number of terminal acetylenes is 1. The van der Waals surface area contributed by atoms with E-state index in [1.54, 1.807) is 12.3 Å². The van der Waals surface area contributed by atoms with Crippen molar-refractivity contribution in [3.8, 4) is 23.5 Å². The van der Waals surface area contributed by atoms with Gasteiger partial charge in [-0.25, -0.2) is 4.98 Å². The zero-order valence-corrected chi connectivity index (χ0v) is 8.57. The summed E-state index contributed by atoms with van der Waals surface area (Å²) < 4.78 is 0. The van der Waals surface area contributed by atoms with Gasteiger partial charge in [0.05, 0.1) is 0 Å². The van der Waals surface area contributed by atoms with Gasteiger partial charge in [-0.05, 0) is 35.7 Å². The van der Waals surface area contributed by atoms with E-state index in [9.17, 15) is 0 Å². The molecule has 0 saturated carbocycles. The van der Waals surface area contributed by atoms with Gasteiger partial charge >= 0.3 is 0 Å². The largest absolute Gasteiger partial charge is 0.248 e. The SMILES string of the molecule is C#Cc1ccccn1.Cc1c2cccc1-2. The summed E-state index contributed by atoms with van der Waals surface area (Å²) in [4.78, 5) is 3.86. The zero-order valence-electron chi connectivity index (χ0n) is 8.57. The molecule has 0 unspecified atom stereocenters. The Bertz CT molecular complexity index is 486. The Morgan fingerprint density at radius 2 is 1.80 bits per heavy atom. The maximum atomic E-state index is 5.04. The van der Waals surface area contributed by atoms with Gasteiger partial charge in [-0.1, -0.05) is 30.2 Å². The number of hydrogen-bond acceptors (Lipinski definition) is 1. The predicted octanol–water partition coefficient (Wildman–Crippen LogP) is 3.04. The number of nitrogens with zero attached hydrogens (tertiary/aromatic N) is 1. The Balaban J connectivity index is 0.000000114. The highest BCUT2D eigenvalue weighted by Crippen LogP contribution is 2.40. The minimum absolute atomic E-state index is 0.688. The van der Waals surface area contributed by atoms with E-state index in [1.165, 1.54) is 16.7 Å². The van der Waals surface area contributed by atoms with Crippen molar-refractivity contribution < 1.29 is 0 Å². The van der Waals surface area contributed by atoms with Gasteiger partial charge in [0, 0.05) is 6.20 Å². The number of hydrogen-bond donors (Lipinski definition) is 0. The van der Waals surface area contributed by atoms with E-state index in [2.05, 4.69) is 36.0 Å². The molecule has 1 nitrogen and oxygen atoms in total. The van der Waals surface area contributed by atoms with Gasteiger partial charge in [-0.2, -0.15) is 0 Å². The molecule has 15 heavy (non-hydrogen) atoms. The molecule has 3 rings (SSSR count). The summed E-state index contributed by atoms with van der Waals surface area (Å²) in [5.41, 5.74) is 5.12. The van der Waals surface area contributed by atoms with Gasteiger partial charge in [-0.15, -0.1) is 6.42 Å². The maximum Gasteiger partial charge on any atom is 0.112 e. The Morgan fingerprint density at radius 1 is 1.07 bits per heavy atom. The molecule has 72 valence electrons. The van der Waals surface area contributed by atoms with Crippen molar-refractivity contribution in [3.63, 3.8) is 0 Å². The molecule has 0 amide bonds. The maximum absolute atomic E-state index is 5.04. The fraction of sp³-hybridized carbons (Fsp3) is 0.0714. The van der Waals surface area contributed by atoms with Crippen molar-refractivity contribution in [3.05, 3.63) is 53.9 Å². The van der Waals surface area contributed by atoms with Crippen LogP contribution in [0, 0.1) is 19.3 Å². The van der Waals surface area contributed by atoms with E-state index >= 15 is 0 Å². The van der Waals surface area contributed by atoms with E-state index in [-0.39, 0.29) is 0 Å². The molecule has 0 atom stereocenters. The van der Waals surface area contributed by atoms with Crippen molar-refractivity contribution >= 4 is 0 Å². The van der Waals surface area contributed by atoms with E-state index in [0.29, 0.717) is 5.69 Å². The molecule has 2 aliphatic rings. The summed E-state index contributed by atoms with van der Waals surface area (Å²) in [5, 5.41) is 0. The average Bonchev–Trinajstić information content (AvgIpc) is 2.73. The molecule has 0 bridgehead atoms. The van der Waals surface area contributed by atoms with Gasteiger partial charge in [0.1, 0.15) is 5.69 Å². The van der Waals surface area contributed by atoms with Gasteiger partial charge in [0.2, 0.25) is 0 Å². The molecule has 0 fully saturated rings. The molecule has 0 radical (unpaired) electrons. The third kappa shape index (κ3) is 2.05. The molecule has 1 aromatic rings. The standard InChI is InChI=1S/C7H5N.C7H6/c1-2-7-5-3-4-6-8-7;1-5-6-3-2-4-7(5)6/h1,3-6H;2-4H,1H3. The molecule has 0 aliphatic heterocycles. The highest BCUT2D eigenvalue weighted by atomic mass is 14.6. The van der Waals surface area contributed by atoms with E-state index in [0.717, 1.165) is 0 Å². The number of aromatic nitrogens is 1. The van der Waals surface area contributed by atoms with Crippen LogP contribution >= 0.6 is 0 Å². The zero-order chi connectivity index (χ0) is 10.7. The summed E-state index contributed by atoms with van der Waals surface area (Å²) in [5.74, 6) is 2.42. The van der Waals surface area contributed by atoms with Crippen LogP contribution in [0.15, 0.2) is 42.6 Å². The molecule has 2 aliphatic carbocycles. The lowest BCUT2D eigenvalue weighted by atomic mass is 10.4. The Labute approximate surface area is 89.8 Å². The highest BCUT2D eigenvalue weighted by Gasteiger charge is 2.17. The third-order valence-corrected chi connectivity index (χ3v) is 2.37. The summed E-state index contributed by atoms with van der Waals surface area (Å²) in [6.45, 7) is 2.16. The average molecular weight is 193 g/mol. The highest BCUT2D eigenvalue weighted by molar-refractivity contribution is 5.88. The van der Waals surface area contributed by atoms with Crippen LogP contribution < -0.4 is 0 Å². The van der Waals surface area contributed by atoms with E-state index in [1.807, 2.05) is 12.1 Å². The first-order valence-electron chi connectivity index (χ1n) is 4.80. The predicted molar refractivity (Wildman–Crippen MR) is 62.3 cm³/mol. The number of pyridine rings is 1. The fourth-order valence-corrected chi connectivity index (χ4v) is 1.44. The first-order chi connectivity index (χ1) is 7.33. The van der Waals surface area contributed by atoms with Crippen LogP contribution in [-0.4, -0.2) is 4.98 Å².